The van der Waals surface area contributed by atoms with Gasteiger partial charge in [-0.2, -0.15) is 0 Å². The fraction of sp³-hybridized carbons (Fsp3) is 0.538. The lowest BCUT2D eigenvalue weighted by Gasteiger charge is -2.37. The number of benzene rings is 1. The Bertz CT molecular complexity index is 409. The van der Waals surface area contributed by atoms with Crippen molar-refractivity contribution in [1.82, 2.24) is 0 Å². The Morgan fingerprint density at radius 3 is 2.94 bits per heavy atom. The fourth-order valence-electron chi connectivity index (χ4n) is 2.41. The van der Waals surface area contributed by atoms with E-state index in [1.165, 1.54) is 12.8 Å². The minimum absolute atomic E-state index is 0.218. The maximum Gasteiger partial charge on any atom is 0.0635 e. The molecule has 0 amide bonds. The van der Waals surface area contributed by atoms with Gasteiger partial charge in [0.1, 0.15) is 0 Å². The van der Waals surface area contributed by atoms with Gasteiger partial charge in [0.25, 0.3) is 0 Å². The van der Waals surface area contributed by atoms with E-state index in [4.69, 9.17) is 5.73 Å². The number of piperidine rings is 1. The number of hydrogen-bond donors (Lipinski definition) is 2. The Hall–Kier alpha value is -0.740. The molecule has 0 aliphatic carbocycles. The van der Waals surface area contributed by atoms with Crippen LogP contribution in [0.15, 0.2) is 16.6 Å². The molecule has 1 fully saturated rings. The van der Waals surface area contributed by atoms with Gasteiger partial charge >= 0.3 is 0 Å². The van der Waals surface area contributed by atoms with Crippen LogP contribution in [0, 0.1) is 6.92 Å². The summed E-state index contributed by atoms with van der Waals surface area (Å²) in [6.07, 6.45) is 3.45. The van der Waals surface area contributed by atoms with Crippen LogP contribution in [0.25, 0.3) is 0 Å². The van der Waals surface area contributed by atoms with Crippen molar-refractivity contribution in [3.05, 3.63) is 22.2 Å². The van der Waals surface area contributed by atoms with E-state index in [0.29, 0.717) is 0 Å². The van der Waals surface area contributed by atoms with Gasteiger partial charge in [0.05, 0.1) is 18.3 Å². The highest BCUT2D eigenvalue weighted by molar-refractivity contribution is 9.10. The second-order valence-corrected chi connectivity index (χ2v) is 5.54. The molecule has 2 rings (SSSR count). The first-order valence-corrected chi connectivity index (χ1v) is 6.86. The number of nitrogens with two attached hydrogens (primary N) is 1. The van der Waals surface area contributed by atoms with Crippen molar-refractivity contribution in [3.63, 3.8) is 0 Å². The lowest BCUT2D eigenvalue weighted by Crippen LogP contribution is -2.42. The average molecular weight is 299 g/mol. The van der Waals surface area contributed by atoms with Crippen LogP contribution < -0.4 is 10.6 Å². The quantitative estimate of drug-likeness (QED) is 0.826. The Morgan fingerprint density at radius 1 is 1.47 bits per heavy atom. The number of rotatable bonds is 2. The second-order valence-electron chi connectivity index (χ2n) is 4.69. The largest absolute Gasteiger partial charge is 0.398 e. The molecule has 1 heterocycles. The molecule has 1 aromatic rings. The van der Waals surface area contributed by atoms with Crippen molar-refractivity contribution in [1.29, 1.82) is 0 Å². The lowest BCUT2D eigenvalue weighted by molar-refractivity contribution is 0.240. The molecule has 0 radical (unpaired) electrons. The zero-order valence-electron chi connectivity index (χ0n) is 10.1. The van der Waals surface area contributed by atoms with Crippen LogP contribution in [0.2, 0.25) is 0 Å². The van der Waals surface area contributed by atoms with E-state index in [9.17, 15) is 5.11 Å². The van der Waals surface area contributed by atoms with Gasteiger partial charge in [0.2, 0.25) is 0 Å². The van der Waals surface area contributed by atoms with Crippen LogP contribution in [0.3, 0.4) is 0 Å². The van der Waals surface area contributed by atoms with E-state index in [1.807, 2.05) is 13.0 Å². The summed E-state index contributed by atoms with van der Waals surface area (Å²) in [5.74, 6) is 0. The van der Waals surface area contributed by atoms with E-state index in [2.05, 4.69) is 26.9 Å². The molecule has 3 nitrogen and oxygen atoms in total. The van der Waals surface area contributed by atoms with Crippen molar-refractivity contribution in [2.45, 2.75) is 32.2 Å². The van der Waals surface area contributed by atoms with Gasteiger partial charge in [-0.25, -0.2) is 0 Å². The first-order valence-electron chi connectivity index (χ1n) is 6.06. The molecule has 1 saturated heterocycles. The minimum atomic E-state index is 0.218. The fourth-order valence-corrected chi connectivity index (χ4v) is 3.00. The number of nitrogens with zero attached hydrogens (tertiary/aromatic N) is 1. The molecule has 0 saturated carbocycles. The molecule has 1 unspecified atom stereocenters. The van der Waals surface area contributed by atoms with Crippen LogP contribution in [-0.2, 0) is 0 Å². The molecule has 17 heavy (non-hydrogen) atoms. The average Bonchev–Trinajstić information content (AvgIpc) is 2.34. The second kappa shape index (κ2) is 5.27. The van der Waals surface area contributed by atoms with Gasteiger partial charge in [-0.1, -0.05) is 0 Å². The molecule has 0 aromatic heterocycles. The molecular weight excluding hydrogens is 280 g/mol. The van der Waals surface area contributed by atoms with Crippen molar-refractivity contribution >= 4 is 27.3 Å². The number of aryl methyl sites for hydroxylation is 1. The molecule has 1 aliphatic heterocycles. The summed E-state index contributed by atoms with van der Waals surface area (Å²) in [7, 11) is 0. The van der Waals surface area contributed by atoms with E-state index >= 15 is 0 Å². The van der Waals surface area contributed by atoms with Gasteiger partial charge in [0, 0.05) is 16.7 Å². The van der Waals surface area contributed by atoms with Crippen molar-refractivity contribution in [2.24, 2.45) is 0 Å². The van der Waals surface area contributed by atoms with E-state index in [-0.39, 0.29) is 12.6 Å². The third-order valence-corrected chi connectivity index (χ3v) is 4.12. The van der Waals surface area contributed by atoms with Gasteiger partial charge in [0.15, 0.2) is 0 Å². The number of aliphatic hydroxyl groups excluding tert-OH is 1. The van der Waals surface area contributed by atoms with Crippen LogP contribution in [0.4, 0.5) is 11.4 Å². The predicted molar refractivity (Wildman–Crippen MR) is 75.4 cm³/mol. The maximum atomic E-state index is 9.46. The van der Waals surface area contributed by atoms with Crippen LogP contribution >= 0.6 is 15.9 Å². The summed E-state index contributed by atoms with van der Waals surface area (Å²) in [4.78, 5) is 2.29. The predicted octanol–water partition coefficient (Wildman–Crippen LogP) is 2.69. The molecular formula is C13H19BrN2O. The monoisotopic (exact) mass is 298 g/mol. The molecule has 1 aromatic carbocycles. The summed E-state index contributed by atoms with van der Waals surface area (Å²) in [6.45, 7) is 3.24. The smallest absolute Gasteiger partial charge is 0.0635 e. The van der Waals surface area contributed by atoms with Crippen LogP contribution in [-0.4, -0.2) is 24.3 Å². The highest BCUT2D eigenvalue weighted by Crippen LogP contribution is 2.34. The van der Waals surface area contributed by atoms with Gasteiger partial charge in [-0.15, -0.1) is 0 Å². The highest BCUT2D eigenvalue weighted by Gasteiger charge is 2.23. The van der Waals surface area contributed by atoms with Crippen LogP contribution in [0.5, 0.6) is 0 Å². The van der Waals surface area contributed by atoms with Gasteiger partial charge in [-0.05, 0) is 59.8 Å². The first-order chi connectivity index (χ1) is 8.13. The van der Waals surface area contributed by atoms with E-state index in [0.717, 1.165) is 34.4 Å². The van der Waals surface area contributed by atoms with Crippen LogP contribution in [0.1, 0.15) is 24.8 Å². The molecule has 1 aliphatic rings. The number of halogens is 1. The zero-order chi connectivity index (χ0) is 12.4. The van der Waals surface area contributed by atoms with Gasteiger partial charge in [-0.3, -0.25) is 0 Å². The molecule has 4 heteroatoms. The first kappa shape index (κ1) is 12.7. The number of nitrogen functional groups attached to an aromatic ring is 1. The highest BCUT2D eigenvalue weighted by atomic mass is 79.9. The summed E-state index contributed by atoms with van der Waals surface area (Å²) in [5.41, 5.74) is 8.93. The third kappa shape index (κ3) is 2.58. The summed E-state index contributed by atoms with van der Waals surface area (Å²) < 4.78 is 1.01. The van der Waals surface area contributed by atoms with Crippen molar-refractivity contribution < 1.29 is 5.11 Å². The third-order valence-electron chi connectivity index (χ3n) is 3.48. The van der Waals surface area contributed by atoms with Gasteiger partial charge < -0.3 is 15.7 Å². The van der Waals surface area contributed by atoms with E-state index < -0.39 is 0 Å². The SMILES string of the molecule is Cc1cc(N2CCCCC2CO)c(Br)cc1N. The molecule has 0 bridgehead atoms. The minimum Gasteiger partial charge on any atom is -0.398 e. The summed E-state index contributed by atoms with van der Waals surface area (Å²) in [5, 5.41) is 9.46. The number of aliphatic hydroxyl groups is 1. The summed E-state index contributed by atoms with van der Waals surface area (Å²) in [6, 6.07) is 4.30. The van der Waals surface area contributed by atoms with Crippen molar-refractivity contribution in [3.8, 4) is 0 Å². The number of anilines is 2. The summed E-state index contributed by atoms with van der Waals surface area (Å²) >= 11 is 3.57. The zero-order valence-corrected chi connectivity index (χ0v) is 11.7. The lowest BCUT2D eigenvalue weighted by atomic mass is 10.0. The Morgan fingerprint density at radius 2 is 2.24 bits per heavy atom. The topological polar surface area (TPSA) is 49.5 Å². The maximum absolute atomic E-state index is 9.46. The Kier molecular flexibility index (Phi) is 3.94. The standard InChI is InChI=1S/C13H19BrN2O/c1-9-6-13(11(14)7-12(9)15)16-5-3-2-4-10(16)8-17/h6-7,10,17H,2-5,8,15H2,1H3. The molecule has 3 N–H and O–H groups in total. The molecule has 0 spiro atoms. The Balaban J connectivity index is 2.34. The van der Waals surface area contributed by atoms with E-state index in [1.54, 1.807) is 0 Å². The van der Waals surface area contributed by atoms with Crippen molar-refractivity contribution in [2.75, 3.05) is 23.8 Å². The molecule has 1 atom stereocenters. The molecule has 94 valence electrons. The normalized spacial score (nSPS) is 20.6. The Labute approximate surface area is 111 Å². The number of hydrogen-bond acceptors (Lipinski definition) is 3.